The zero-order valence-corrected chi connectivity index (χ0v) is 9.51. The van der Waals surface area contributed by atoms with Gasteiger partial charge in [0.1, 0.15) is 5.82 Å². The topological polar surface area (TPSA) is 20.2 Å². The lowest BCUT2D eigenvalue weighted by molar-refractivity contribution is 0.329. The van der Waals surface area contributed by atoms with E-state index in [2.05, 4.69) is 15.9 Å². The maximum absolute atomic E-state index is 13.1. The Morgan fingerprint density at radius 2 is 2.29 bits per heavy atom. The highest BCUT2D eigenvalue weighted by atomic mass is 79.9. The zero-order valence-electron chi connectivity index (χ0n) is 7.93. The maximum Gasteiger partial charge on any atom is 0.137 e. The van der Waals surface area contributed by atoms with Crippen LogP contribution >= 0.6 is 15.9 Å². The van der Waals surface area contributed by atoms with Crippen molar-refractivity contribution in [2.75, 3.05) is 6.61 Å². The van der Waals surface area contributed by atoms with E-state index in [1.54, 1.807) is 18.2 Å². The molecule has 0 aromatic heterocycles. The van der Waals surface area contributed by atoms with Crippen molar-refractivity contribution in [2.45, 2.75) is 13.3 Å². The van der Waals surface area contributed by atoms with Gasteiger partial charge >= 0.3 is 0 Å². The predicted molar refractivity (Wildman–Crippen MR) is 59.5 cm³/mol. The van der Waals surface area contributed by atoms with E-state index in [1.165, 1.54) is 6.07 Å². The van der Waals surface area contributed by atoms with Crippen LogP contribution in [0.1, 0.15) is 18.9 Å². The van der Waals surface area contributed by atoms with E-state index in [-0.39, 0.29) is 12.4 Å². The van der Waals surface area contributed by atoms with Crippen molar-refractivity contribution in [1.82, 2.24) is 0 Å². The summed E-state index contributed by atoms with van der Waals surface area (Å²) in [6.07, 6.45) is 2.56. The summed E-state index contributed by atoms with van der Waals surface area (Å²) < 4.78 is 13.5. The third kappa shape index (κ3) is 2.66. The Morgan fingerprint density at radius 3 is 2.86 bits per heavy atom. The summed E-state index contributed by atoms with van der Waals surface area (Å²) in [5.74, 6) is -0.285. The van der Waals surface area contributed by atoms with Gasteiger partial charge in [0.15, 0.2) is 0 Å². The minimum Gasteiger partial charge on any atom is -0.392 e. The number of hydrogen-bond donors (Lipinski definition) is 1. The molecule has 0 radical (unpaired) electrons. The van der Waals surface area contributed by atoms with Gasteiger partial charge in [-0.05, 0) is 39.6 Å². The maximum atomic E-state index is 13.1. The lowest BCUT2D eigenvalue weighted by atomic mass is 10.1. The van der Waals surface area contributed by atoms with Crippen LogP contribution < -0.4 is 0 Å². The molecule has 0 aliphatic carbocycles. The predicted octanol–water partition coefficient (Wildman–Crippen LogP) is 3.37. The van der Waals surface area contributed by atoms with Crippen LogP contribution in [0.4, 0.5) is 4.39 Å². The van der Waals surface area contributed by atoms with Crippen molar-refractivity contribution in [3.8, 4) is 0 Å². The largest absolute Gasteiger partial charge is 0.392 e. The monoisotopic (exact) mass is 258 g/mol. The first-order valence-corrected chi connectivity index (χ1v) is 5.22. The highest BCUT2D eigenvalue weighted by molar-refractivity contribution is 9.10. The Bertz CT molecular complexity index is 341. The quantitative estimate of drug-likeness (QED) is 0.882. The Labute approximate surface area is 91.4 Å². The Kier molecular flexibility index (Phi) is 4.29. The molecule has 0 saturated carbocycles. The average Bonchev–Trinajstić information content (AvgIpc) is 2.20. The number of aliphatic hydroxyl groups is 1. The summed E-state index contributed by atoms with van der Waals surface area (Å²) >= 11 is 3.17. The summed E-state index contributed by atoms with van der Waals surface area (Å²) in [7, 11) is 0. The Balaban J connectivity index is 3.07. The molecule has 0 saturated heterocycles. The summed E-state index contributed by atoms with van der Waals surface area (Å²) in [5, 5.41) is 8.97. The minimum atomic E-state index is -0.285. The van der Waals surface area contributed by atoms with Crippen LogP contribution in [-0.4, -0.2) is 11.7 Å². The van der Waals surface area contributed by atoms with E-state index in [0.717, 1.165) is 17.6 Å². The molecule has 0 spiro atoms. The first-order valence-electron chi connectivity index (χ1n) is 4.43. The smallest absolute Gasteiger partial charge is 0.137 e. The molecule has 0 atom stereocenters. The third-order valence-electron chi connectivity index (χ3n) is 2.00. The molecule has 1 aromatic carbocycles. The number of hydrogen-bond acceptors (Lipinski definition) is 1. The van der Waals surface area contributed by atoms with Crippen molar-refractivity contribution in [1.29, 1.82) is 0 Å². The van der Waals surface area contributed by atoms with Gasteiger partial charge < -0.3 is 5.11 Å². The SMILES string of the molecule is CC/C(=C/c1cccc(F)c1Br)CO. The molecule has 0 amide bonds. The molecular weight excluding hydrogens is 247 g/mol. The number of rotatable bonds is 3. The molecule has 1 nitrogen and oxygen atoms in total. The zero-order chi connectivity index (χ0) is 10.6. The van der Waals surface area contributed by atoms with E-state index in [4.69, 9.17) is 5.11 Å². The summed E-state index contributed by atoms with van der Waals surface area (Å²) in [6, 6.07) is 4.85. The van der Waals surface area contributed by atoms with Crippen molar-refractivity contribution >= 4 is 22.0 Å². The van der Waals surface area contributed by atoms with Gasteiger partial charge in [-0.3, -0.25) is 0 Å². The highest BCUT2D eigenvalue weighted by Crippen LogP contribution is 2.23. The van der Waals surface area contributed by atoms with Gasteiger partial charge in [-0.25, -0.2) is 4.39 Å². The second-order valence-corrected chi connectivity index (χ2v) is 3.75. The van der Waals surface area contributed by atoms with Gasteiger partial charge in [0.05, 0.1) is 11.1 Å². The fraction of sp³-hybridized carbons (Fsp3) is 0.273. The van der Waals surface area contributed by atoms with Crippen LogP contribution in [0.15, 0.2) is 28.2 Å². The van der Waals surface area contributed by atoms with E-state index >= 15 is 0 Å². The first kappa shape index (κ1) is 11.4. The van der Waals surface area contributed by atoms with Crippen molar-refractivity contribution in [3.05, 3.63) is 39.6 Å². The minimum absolute atomic E-state index is 0.0133. The summed E-state index contributed by atoms with van der Waals surface area (Å²) in [6.45, 7) is 1.97. The average molecular weight is 259 g/mol. The van der Waals surface area contributed by atoms with E-state index in [0.29, 0.717) is 4.47 Å². The fourth-order valence-corrected chi connectivity index (χ4v) is 1.49. The molecule has 0 aliphatic rings. The molecule has 3 heteroatoms. The van der Waals surface area contributed by atoms with Crippen molar-refractivity contribution in [2.24, 2.45) is 0 Å². The lowest BCUT2D eigenvalue weighted by Crippen LogP contribution is -1.89. The third-order valence-corrected chi connectivity index (χ3v) is 2.83. The second-order valence-electron chi connectivity index (χ2n) is 2.96. The normalized spacial score (nSPS) is 11.9. The van der Waals surface area contributed by atoms with Gasteiger partial charge in [0, 0.05) is 0 Å². The van der Waals surface area contributed by atoms with Crippen LogP contribution in [0, 0.1) is 5.82 Å². The fourth-order valence-electron chi connectivity index (χ4n) is 1.11. The molecule has 1 N–H and O–H groups in total. The van der Waals surface area contributed by atoms with Crippen LogP contribution in [0.25, 0.3) is 6.08 Å². The van der Waals surface area contributed by atoms with Crippen LogP contribution in [-0.2, 0) is 0 Å². The Hall–Kier alpha value is -0.670. The molecule has 0 bridgehead atoms. The summed E-state index contributed by atoms with van der Waals surface area (Å²) in [4.78, 5) is 0. The van der Waals surface area contributed by atoms with Gasteiger partial charge in [-0.15, -0.1) is 0 Å². The van der Waals surface area contributed by atoms with E-state index in [1.807, 2.05) is 6.92 Å². The molecular formula is C11H12BrFO. The first-order chi connectivity index (χ1) is 6.69. The second kappa shape index (κ2) is 5.27. The molecule has 0 fully saturated rings. The van der Waals surface area contributed by atoms with Crippen LogP contribution in [0.5, 0.6) is 0 Å². The number of halogens is 2. The molecule has 1 aromatic rings. The summed E-state index contributed by atoms with van der Waals surface area (Å²) in [5.41, 5.74) is 1.65. The van der Waals surface area contributed by atoms with Crippen LogP contribution in [0.2, 0.25) is 0 Å². The van der Waals surface area contributed by atoms with Gasteiger partial charge in [0.2, 0.25) is 0 Å². The lowest BCUT2D eigenvalue weighted by Gasteiger charge is -2.03. The Morgan fingerprint density at radius 1 is 1.57 bits per heavy atom. The molecule has 1 rings (SSSR count). The molecule has 0 heterocycles. The van der Waals surface area contributed by atoms with Gasteiger partial charge in [-0.2, -0.15) is 0 Å². The van der Waals surface area contributed by atoms with Gasteiger partial charge in [-0.1, -0.05) is 25.1 Å². The highest BCUT2D eigenvalue weighted by Gasteiger charge is 2.03. The number of benzene rings is 1. The molecule has 76 valence electrons. The van der Waals surface area contributed by atoms with E-state index in [9.17, 15) is 4.39 Å². The molecule has 14 heavy (non-hydrogen) atoms. The van der Waals surface area contributed by atoms with Gasteiger partial charge in [0.25, 0.3) is 0 Å². The van der Waals surface area contributed by atoms with Crippen LogP contribution in [0.3, 0.4) is 0 Å². The molecule has 0 aliphatic heterocycles. The molecule has 0 unspecified atom stereocenters. The van der Waals surface area contributed by atoms with E-state index < -0.39 is 0 Å². The van der Waals surface area contributed by atoms with Crippen molar-refractivity contribution in [3.63, 3.8) is 0 Å². The van der Waals surface area contributed by atoms with Crippen molar-refractivity contribution < 1.29 is 9.50 Å². The number of aliphatic hydroxyl groups excluding tert-OH is 1. The standard InChI is InChI=1S/C11H12BrFO/c1-2-8(7-14)6-9-4-3-5-10(13)11(9)12/h3-6,14H,2,7H2,1H3/b8-6-.